The van der Waals surface area contributed by atoms with E-state index >= 15 is 0 Å². The Morgan fingerprint density at radius 1 is 1.71 bits per heavy atom. The number of hydrogen-bond donors (Lipinski definition) is 0. The fourth-order valence-electron chi connectivity index (χ4n) is 0.248. The molecule has 0 aromatic carbocycles. The summed E-state index contributed by atoms with van der Waals surface area (Å²) in [5.41, 5.74) is 0. The molecule has 1 aromatic heterocycles. The number of thiophene rings is 1. The van der Waals surface area contributed by atoms with Gasteiger partial charge in [-0.25, -0.2) is 0 Å². The largest absolute Gasteiger partial charge is 2.00 e. The average Bonchev–Trinajstić information content (AvgIpc) is 1.86. The van der Waals surface area contributed by atoms with Crippen LogP contribution in [0.1, 0.15) is 2.85 Å². The zero-order valence-electron chi connectivity index (χ0n) is 5.73. The van der Waals surface area contributed by atoms with Gasteiger partial charge >= 0.3 is 23.1 Å². The van der Waals surface area contributed by atoms with Crippen molar-refractivity contribution in [2.75, 3.05) is 0 Å². The molecule has 0 nitrogen and oxygen atoms in total. The quantitative estimate of drug-likeness (QED) is 0.478. The van der Waals surface area contributed by atoms with Crippen LogP contribution in [-0.4, -0.2) is 23.1 Å². The smallest absolute Gasteiger partial charge is 1.00 e. The Kier molecular flexibility index (Phi) is 4.82. The summed E-state index contributed by atoms with van der Waals surface area (Å²) in [6.07, 6.45) is 0. The molecule has 0 saturated heterocycles. The maximum atomic E-state index is 2.29. The van der Waals surface area contributed by atoms with Crippen molar-refractivity contribution in [2.45, 2.75) is 0 Å². The molecule has 0 atom stereocenters. The first kappa shape index (κ1) is 8.20. The Balaban J connectivity index is -0.000000120. The van der Waals surface area contributed by atoms with Crippen LogP contribution in [0.15, 0.2) is 16.8 Å². The first-order valence-corrected chi connectivity index (χ1v) is 3.59. The molecule has 1 rings (SSSR count). The summed E-state index contributed by atoms with van der Waals surface area (Å²) < 4.78 is 1.33. The van der Waals surface area contributed by atoms with E-state index in [1.165, 1.54) is 3.57 Å². The van der Waals surface area contributed by atoms with Crippen molar-refractivity contribution in [3.63, 3.8) is 0 Å². The Hall–Kier alpha value is 1.20. The molecule has 0 aliphatic rings. The van der Waals surface area contributed by atoms with E-state index in [4.69, 9.17) is 0 Å². The van der Waals surface area contributed by atoms with Gasteiger partial charge in [0.2, 0.25) is 0 Å². The molecule has 0 aliphatic heterocycles. The van der Waals surface area contributed by atoms with Crippen LogP contribution in [0.25, 0.3) is 0 Å². The van der Waals surface area contributed by atoms with Gasteiger partial charge in [0.05, 0.1) is 0 Å². The van der Waals surface area contributed by atoms with E-state index < -0.39 is 0 Å². The van der Waals surface area contributed by atoms with Crippen molar-refractivity contribution >= 4 is 57.0 Å². The third kappa shape index (κ3) is 2.89. The van der Waals surface area contributed by atoms with Gasteiger partial charge in [0.15, 0.2) is 0 Å². The van der Waals surface area contributed by atoms with E-state index in [0.29, 0.717) is 0 Å². The van der Waals surface area contributed by atoms with Gasteiger partial charge in [-0.2, -0.15) is 11.3 Å². The van der Waals surface area contributed by atoms with Gasteiger partial charge < -0.3 is 2.85 Å². The Labute approximate surface area is 79.6 Å². The van der Waals surface area contributed by atoms with Gasteiger partial charge in [-0.3, -0.25) is 0 Å². The van der Waals surface area contributed by atoms with Crippen molar-refractivity contribution in [2.24, 2.45) is 0 Å². The van der Waals surface area contributed by atoms with Gasteiger partial charge in [0.1, 0.15) is 0 Å². The van der Waals surface area contributed by atoms with Crippen LogP contribution >= 0.6 is 33.9 Å². The van der Waals surface area contributed by atoms with E-state index in [1.807, 2.05) is 0 Å². The van der Waals surface area contributed by atoms with Crippen LogP contribution < -0.4 is 0 Å². The van der Waals surface area contributed by atoms with Crippen LogP contribution in [0.3, 0.4) is 0 Å². The zero-order chi connectivity index (χ0) is 4.41. The van der Waals surface area contributed by atoms with Gasteiger partial charge in [-0.15, -0.1) is 0 Å². The van der Waals surface area contributed by atoms with Gasteiger partial charge in [0, 0.05) is 8.95 Å². The summed E-state index contributed by atoms with van der Waals surface area (Å²) in [7, 11) is 0. The minimum Gasteiger partial charge on any atom is -1.00 e. The molecule has 0 radical (unpaired) electrons. The van der Waals surface area contributed by atoms with E-state index in [-0.39, 0.29) is 25.9 Å². The summed E-state index contributed by atoms with van der Waals surface area (Å²) in [6, 6.07) is 2.09. The molecule has 0 spiro atoms. The molecule has 0 unspecified atom stereocenters. The second-order valence-electron chi connectivity index (χ2n) is 0.942. The second-order valence-corrected chi connectivity index (χ2v) is 2.97. The maximum Gasteiger partial charge on any atom is 2.00 e. The fraction of sp³-hybridized carbons (Fsp3) is 0. The third-order valence-electron chi connectivity index (χ3n) is 0.486. The standard InChI is InChI=1S/C4H3IS.Mg.2H/c5-4-1-2-6-3-4;;;/h1-3H;;;/q;+2;2*-1. The van der Waals surface area contributed by atoms with E-state index in [0.717, 1.165) is 0 Å². The third-order valence-corrected chi connectivity index (χ3v) is 2.26. The molecule has 0 aliphatic carbocycles. The predicted molar refractivity (Wildman–Crippen MR) is 45.0 cm³/mol. The van der Waals surface area contributed by atoms with Gasteiger partial charge in [0.25, 0.3) is 0 Å². The summed E-state index contributed by atoms with van der Waals surface area (Å²) in [6.45, 7) is 0. The van der Waals surface area contributed by atoms with Crippen LogP contribution in [-0.2, 0) is 0 Å². The molecule has 7 heavy (non-hydrogen) atoms. The summed E-state index contributed by atoms with van der Waals surface area (Å²) in [5, 5.41) is 4.18. The number of hydrogen-bond acceptors (Lipinski definition) is 1. The molecular weight excluding hydrogens is 231 g/mol. The molecule has 0 N–H and O–H groups in total. The van der Waals surface area contributed by atoms with E-state index in [2.05, 4.69) is 39.4 Å². The molecule has 3 heteroatoms. The van der Waals surface area contributed by atoms with Crippen molar-refractivity contribution in [1.82, 2.24) is 0 Å². The van der Waals surface area contributed by atoms with Crippen molar-refractivity contribution in [3.05, 3.63) is 20.4 Å². The van der Waals surface area contributed by atoms with Crippen LogP contribution in [0.5, 0.6) is 0 Å². The summed E-state index contributed by atoms with van der Waals surface area (Å²) in [4.78, 5) is 0. The van der Waals surface area contributed by atoms with Gasteiger partial charge in [-0.1, -0.05) is 0 Å². The van der Waals surface area contributed by atoms with E-state index in [1.54, 1.807) is 11.3 Å². The Morgan fingerprint density at radius 2 is 2.43 bits per heavy atom. The average molecular weight is 236 g/mol. The normalized spacial score (nSPS) is 7.57. The molecular formula is C4H5IMgS. The van der Waals surface area contributed by atoms with E-state index in [9.17, 15) is 0 Å². The maximum absolute atomic E-state index is 2.29. The minimum absolute atomic E-state index is 0. The Bertz CT molecular complexity index is 122. The first-order chi connectivity index (χ1) is 2.89. The second kappa shape index (κ2) is 4.11. The summed E-state index contributed by atoms with van der Waals surface area (Å²) in [5.74, 6) is 0. The molecule has 1 heterocycles. The molecule has 0 saturated carbocycles. The molecule has 0 bridgehead atoms. The summed E-state index contributed by atoms with van der Waals surface area (Å²) >= 11 is 4.02. The van der Waals surface area contributed by atoms with Crippen molar-refractivity contribution in [3.8, 4) is 0 Å². The number of halogens is 1. The van der Waals surface area contributed by atoms with Crippen molar-refractivity contribution < 1.29 is 2.85 Å². The SMILES string of the molecule is Ic1ccsc1.[H-].[H-].[Mg+2]. The Morgan fingerprint density at radius 3 is 2.57 bits per heavy atom. The number of rotatable bonds is 0. The predicted octanol–water partition coefficient (Wildman–Crippen LogP) is 2.20. The molecule has 1 aromatic rings. The van der Waals surface area contributed by atoms with Gasteiger partial charge in [-0.05, 0) is 34.0 Å². The van der Waals surface area contributed by atoms with Crippen LogP contribution in [0.4, 0.5) is 0 Å². The zero-order valence-corrected chi connectivity index (χ0v) is 8.11. The van der Waals surface area contributed by atoms with Crippen molar-refractivity contribution in [1.29, 1.82) is 0 Å². The first-order valence-electron chi connectivity index (χ1n) is 1.57. The monoisotopic (exact) mass is 236 g/mol. The molecule has 0 fully saturated rings. The minimum atomic E-state index is 0. The van der Waals surface area contributed by atoms with Crippen LogP contribution in [0, 0.1) is 3.57 Å². The topological polar surface area (TPSA) is 0 Å². The van der Waals surface area contributed by atoms with Crippen LogP contribution in [0.2, 0.25) is 0 Å². The fourth-order valence-corrected chi connectivity index (χ4v) is 1.62. The molecule has 36 valence electrons. The molecule has 0 amide bonds.